The third-order valence-corrected chi connectivity index (χ3v) is 3.36. The lowest BCUT2D eigenvalue weighted by molar-refractivity contribution is 0.543. The van der Waals surface area contributed by atoms with E-state index in [2.05, 4.69) is 58.9 Å². The van der Waals surface area contributed by atoms with Gasteiger partial charge in [0.2, 0.25) is 0 Å². The van der Waals surface area contributed by atoms with Gasteiger partial charge in [0.05, 0.1) is 6.04 Å². The van der Waals surface area contributed by atoms with Gasteiger partial charge in [-0.2, -0.15) is 5.10 Å². The highest BCUT2D eigenvalue weighted by atomic mass is 15.4. The SMILES string of the molecule is CC(C)c1nc2n(n1)C(c1ccccc1)CC2. The smallest absolute Gasteiger partial charge is 0.153 e. The monoisotopic (exact) mass is 227 g/mol. The van der Waals surface area contributed by atoms with E-state index >= 15 is 0 Å². The minimum atomic E-state index is 0.381. The molecular formula is C14H17N3. The number of hydrogen-bond acceptors (Lipinski definition) is 2. The predicted octanol–water partition coefficient (Wildman–Crippen LogP) is 2.94. The molecule has 0 spiro atoms. The van der Waals surface area contributed by atoms with Crippen molar-refractivity contribution in [2.75, 3.05) is 0 Å². The number of aromatic nitrogens is 3. The first kappa shape index (κ1) is 10.5. The van der Waals surface area contributed by atoms with Crippen molar-refractivity contribution in [3.05, 3.63) is 47.5 Å². The Bertz CT molecular complexity index is 514. The van der Waals surface area contributed by atoms with E-state index in [1.165, 1.54) is 5.56 Å². The molecule has 1 aromatic carbocycles. The molecule has 0 saturated heterocycles. The van der Waals surface area contributed by atoms with E-state index in [4.69, 9.17) is 0 Å². The van der Waals surface area contributed by atoms with Gasteiger partial charge in [0, 0.05) is 12.3 Å². The third kappa shape index (κ3) is 1.75. The minimum Gasteiger partial charge on any atom is -0.242 e. The fraction of sp³-hybridized carbons (Fsp3) is 0.429. The van der Waals surface area contributed by atoms with Gasteiger partial charge in [0.15, 0.2) is 5.82 Å². The molecule has 3 heteroatoms. The second-order valence-corrected chi connectivity index (χ2v) is 4.95. The molecule has 1 aromatic heterocycles. The summed E-state index contributed by atoms with van der Waals surface area (Å²) >= 11 is 0. The third-order valence-electron chi connectivity index (χ3n) is 3.36. The lowest BCUT2D eigenvalue weighted by Gasteiger charge is -2.11. The number of aryl methyl sites for hydroxylation is 1. The summed E-state index contributed by atoms with van der Waals surface area (Å²) in [6, 6.07) is 11.0. The molecule has 3 rings (SSSR count). The van der Waals surface area contributed by atoms with Gasteiger partial charge in [-0.05, 0) is 12.0 Å². The molecule has 2 heterocycles. The highest BCUT2D eigenvalue weighted by Gasteiger charge is 2.27. The van der Waals surface area contributed by atoms with Crippen molar-refractivity contribution in [1.29, 1.82) is 0 Å². The van der Waals surface area contributed by atoms with Crippen molar-refractivity contribution in [3.63, 3.8) is 0 Å². The van der Waals surface area contributed by atoms with Crippen molar-refractivity contribution in [3.8, 4) is 0 Å². The molecule has 1 aliphatic heterocycles. The number of fused-ring (bicyclic) bond motifs is 1. The molecule has 0 fully saturated rings. The van der Waals surface area contributed by atoms with Crippen LogP contribution in [0.2, 0.25) is 0 Å². The average Bonchev–Trinajstić information content (AvgIpc) is 2.89. The second-order valence-electron chi connectivity index (χ2n) is 4.95. The summed E-state index contributed by atoms with van der Waals surface area (Å²) in [7, 11) is 0. The van der Waals surface area contributed by atoms with Crippen LogP contribution >= 0.6 is 0 Å². The quantitative estimate of drug-likeness (QED) is 0.789. The summed E-state index contributed by atoms with van der Waals surface area (Å²) in [6.45, 7) is 4.28. The zero-order chi connectivity index (χ0) is 11.8. The molecule has 3 nitrogen and oxygen atoms in total. The number of nitrogens with zero attached hydrogens (tertiary/aromatic N) is 3. The fourth-order valence-corrected chi connectivity index (χ4v) is 2.41. The Morgan fingerprint density at radius 2 is 2.00 bits per heavy atom. The standard InChI is InChI=1S/C14H17N3/c1-10(2)14-15-13-9-8-12(17(13)16-14)11-6-4-3-5-7-11/h3-7,10,12H,8-9H2,1-2H3. The van der Waals surface area contributed by atoms with Gasteiger partial charge in [-0.1, -0.05) is 44.2 Å². The maximum atomic E-state index is 4.65. The van der Waals surface area contributed by atoms with Gasteiger partial charge in [0.1, 0.15) is 5.82 Å². The van der Waals surface area contributed by atoms with Crippen molar-refractivity contribution >= 4 is 0 Å². The first-order chi connectivity index (χ1) is 8.25. The molecule has 0 radical (unpaired) electrons. The summed E-state index contributed by atoms with van der Waals surface area (Å²) in [5.74, 6) is 2.52. The van der Waals surface area contributed by atoms with E-state index in [9.17, 15) is 0 Å². The van der Waals surface area contributed by atoms with Crippen molar-refractivity contribution < 1.29 is 0 Å². The number of benzene rings is 1. The number of rotatable bonds is 2. The lowest BCUT2D eigenvalue weighted by Crippen LogP contribution is -2.08. The summed E-state index contributed by atoms with van der Waals surface area (Å²) in [5.41, 5.74) is 1.34. The maximum Gasteiger partial charge on any atom is 0.153 e. The van der Waals surface area contributed by atoms with Gasteiger partial charge in [-0.25, -0.2) is 9.67 Å². The van der Waals surface area contributed by atoms with Crippen LogP contribution in [0, 0.1) is 0 Å². The van der Waals surface area contributed by atoms with Gasteiger partial charge >= 0.3 is 0 Å². The topological polar surface area (TPSA) is 30.7 Å². The maximum absolute atomic E-state index is 4.65. The van der Waals surface area contributed by atoms with E-state index < -0.39 is 0 Å². The minimum absolute atomic E-state index is 0.381. The van der Waals surface area contributed by atoms with Crippen LogP contribution in [-0.4, -0.2) is 14.8 Å². The molecular weight excluding hydrogens is 210 g/mol. The van der Waals surface area contributed by atoms with Crippen molar-refractivity contribution in [1.82, 2.24) is 14.8 Å². The van der Waals surface area contributed by atoms with Gasteiger partial charge in [0.25, 0.3) is 0 Å². The molecule has 0 N–H and O–H groups in total. The Balaban J connectivity index is 1.98. The van der Waals surface area contributed by atoms with E-state index in [0.717, 1.165) is 24.5 Å². The Hall–Kier alpha value is -1.64. The normalized spacial score (nSPS) is 18.6. The average molecular weight is 227 g/mol. The zero-order valence-electron chi connectivity index (χ0n) is 10.3. The van der Waals surface area contributed by atoms with Gasteiger partial charge < -0.3 is 0 Å². The molecule has 88 valence electrons. The second kappa shape index (κ2) is 3.99. The molecule has 1 atom stereocenters. The van der Waals surface area contributed by atoms with Crippen LogP contribution in [0.1, 0.15) is 49.4 Å². The largest absolute Gasteiger partial charge is 0.242 e. The van der Waals surface area contributed by atoms with E-state index in [1.54, 1.807) is 0 Å². The van der Waals surface area contributed by atoms with Crippen LogP contribution in [0.4, 0.5) is 0 Å². The van der Waals surface area contributed by atoms with Gasteiger partial charge in [-0.3, -0.25) is 0 Å². The Morgan fingerprint density at radius 1 is 1.24 bits per heavy atom. The summed E-state index contributed by atoms with van der Waals surface area (Å²) in [5, 5.41) is 4.65. The molecule has 0 saturated carbocycles. The van der Waals surface area contributed by atoms with Crippen LogP contribution in [0.25, 0.3) is 0 Å². The molecule has 17 heavy (non-hydrogen) atoms. The lowest BCUT2D eigenvalue weighted by atomic mass is 10.1. The Labute approximate surface area is 101 Å². The van der Waals surface area contributed by atoms with Crippen LogP contribution in [0.3, 0.4) is 0 Å². The molecule has 0 aliphatic carbocycles. The van der Waals surface area contributed by atoms with Crippen LogP contribution in [0.15, 0.2) is 30.3 Å². The zero-order valence-corrected chi connectivity index (χ0v) is 10.3. The molecule has 0 bridgehead atoms. The fourth-order valence-electron chi connectivity index (χ4n) is 2.41. The van der Waals surface area contributed by atoms with Crippen molar-refractivity contribution in [2.24, 2.45) is 0 Å². The predicted molar refractivity (Wildman–Crippen MR) is 67.0 cm³/mol. The Kier molecular flexibility index (Phi) is 2.46. The van der Waals surface area contributed by atoms with Crippen LogP contribution in [-0.2, 0) is 6.42 Å². The molecule has 2 aromatic rings. The molecule has 0 amide bonds. The van der Waals surface area contributed by atoms with E-state index in [-0.39, 0.29) is 0 Å². The summed E-state index contributed by atoms with van der Waals surface area (Å²) < 4.78 is 2.12. The van der Waals surface area contributed by atoms with E-state index in [0.29, 0.717) is 12.0 Å². The first-order valence-electron chi connectivity index (χ1n) is 6.26. The highest BCUT2D eigenvalue weighted by Crippen LogP contribution is 2.30. The van der Waals surface area contributed by atoms with Crippen molar-refractivity contribution in [2.45, 2.75) is 38.6 Å². The number of hydrogen-bond donors (Lipinski definition) is 0. The highest BCUT2D eigenvalue weighted by molar-refractivity contribution is 5.22. The van der Waals surface area contributed by atoms with E-state index in [1.807, 2.05) is 0 Å². The van der Waals surface area contributed by atoms with Crippen LogP contribution in [0.5, 0.6) is 0 Å². The Morgan fingerprint density at radius 3 is 2.71 bits per heavy atom. The molecule has 1 unspecified atom stereocenters. The summed E-state index contributed by atoms with van der Waals surface area (Å²) in [6.07, 6.45) is 2.16. The van der Waals surface area contributed by atoms with Crippen LogP contribution < -0.4 is 0 Å². The molecule has 1 aliphatic rings. The van der Waals surface area contributed by atoms with Gasteiger partial charge in [-0.15, -0.1) is 0 Å². The summed E-state index contributed by atoms with van der Waals surface area (Å²) in [4.78, 5) is 4.62. The first-order valence-corrected chi connectivity index (χ1v) is 6.26.